The molecule has 0 saturated heterocycles. The van der Waals surface area contributed by atoms with Crippen LogP contribution in [0.4, 0.5) is 5.69 Å². The van der Waals surface area contributed by atoms with Crippen LogP contribution in [-0.4, -0.2) is 17.6 Å². The molecule has 1 aliphatic heterocycles. The predicted molar refractivity (Wildman–Crippen MR) is 139 cm³/mol. The smallest absolute Gasteiger partial charge is 0.316 e. The van der Waals surface area contributed by atoms with Crippen molar-refractivity contribution >= 4 is 40.9 Å². The molecule has 36 heavy (non-hydrogen) atoms. The number of ether oxygens (including phenoxy) is 1. The fourth-order valence-electron chi connectivity index (χ4n) is 3.71. The first kappa shape index (κ1) is 25.2. The molecular weight excluding hydrogens is 498 g/mol. The third-order valence-electron chi connectivity index (χ3n) is 5.40. The molecule has 1 aliphatic rings. The Labute approximate surface area is 217 Å². The zero-order valence-electron chi connectivity index (χ0n) is 19.3. The Bertz CT molecular complexity index is 1340. The molecule has 2 aromatic carbocycles. The first-order chi connectivity index (χ1) is 17.5. The maximum absolute atomic E-state index is 13.3. The lowest BCUT2D eigenvalue weighted by molar-refractivity contribution is -0.141. The number of hydrogen-bond acceptors (Lipinski definition) is 7. The summed E-state index contributed by atoms with van der Waals surface area (Å²) >= 11 is 7.09. The molecule has 0 fully saturated rings. The first-order valence-electron chi connectivity index (χ1n) is 11.0. The summed E-state index contributed by atoms with van der Waals surface area (Å²) in [6, 6.07) is 21.7. The number of rotatable bonds is 8. The SMILES string of the molecule is CC1=C(C(=O)Nc2ccc(Cl)cc2)[C@@H](c2ccco2)C(C#N)=C(SCC(=O)OCc2ccccc2)N1. The number of hydrogen-bond donors (Lipinski definition) is 2. The number of esters is 1. The highest BCUT2D eigenvalue weighted by molar-refractivity contribution is 8.03. The van der Waals surface area contributed by atoms with Crippen molar-refractivity contribution in [3.63, 3.8) is 0 Å². The van der Waals surface area contributed by atoms with Crippen molar-refractivity contribution in [2.75, 3.05) is 11.1 Å². The highest BCUT2D eigenvalue weighted by Crippen LogP contribution is 2.41. The molecule has 0 spiro atoms. The molecule has 2 heterocycles. The van der Waals surface area contributed by atoms with Crippen molar-refractivity contribution in [1.29, 1.82) is 5.26 Å². The summed E-state index contributed by atoms with van der Waals surface area (Å²) in [4.78, 5) is 25.7. The Hall–Kier alpha value is -3.93. The summed E-state index contributed by atoms with van der Waals surface area (Å²) in [6.07, 6.45) is 1.49. The van der Waals surface area contributed by atoms with Crippen molar-refractivity contribution in [2.45, 2.75) is 19.4 Å². The number of allylic oxidation sites excluding steroid dienone is 2. The normalized spacial score (nSPS) is 15.2. The minimum absolute atomic E-state index is 0.00912. The average Bonchev–Trinajstić information content (AvgIpc) is 3.42. The Kier molecular flexibility index (Phi) is 8.16. The molecule has 0 saturated carbocycles. The zero-order valence-corrected chi connectivity index (χ0v) is 20.9. The average molecular weight is 520 g/mol. The van der Waals surface area contributed by atoms with Gasteiger partial charge in [0, 0.05) is 16.4 Å². The van der Waals surface area contributed by atoms with E-state index in [1.165, 1.54) is 6.26 Å². The largest absolute Gasteiger partial charge is 0.468 e. The van der Waals surface area contributed by atoms with Gasteiger partial charge in [-0.05, 0) is 48.9 Å². The minimum Gasteiger partial charge on any atom is -0.468 e. The lowest BCUT2D eigenvalue weighted by Gasteiger charge is -2.28. The van der Waals surface area contributed by atoms with Crippen LogP contribution in [0.3, 0.4) is 0 Å². The quantitative estimate of drug-likeness (QED) is 0.365. The van der Waals surface area contributed by atoms with E-state index in [1.54, 1.807) is 43.3 Å². The molecule has 4 rings (SSSR count). The van der Waals surface area contributed by atoms with Gasteiger partial charge in [-0.15, -0.1) is 0 Å². The summed E-state index contributed by atoms with van der Waals surface area (Å²) in [5, 5.41) is 17.1. The molecule has 182 valence electrons. The number of nitrogens with one attached hydrogen (secondary N) is 2. The van der Waals surface area contributed by atoms with Crippen molar-refractivity contribution in [3.8, 4) is 6.07 Å². The number of furan rings is 1. The Morgan fingerprint density at radius 3 is 2.56 bits per heavy atom. The van der Waals surface area contributed by atoms with E-state index in [-0.39, 0.29) is 23.8 Å². The molecule has 9 heteroatoms. The lowest BCUT2D eigenvalue weighted by atomic mass is 9.85. The molecule has 3 aromatic rings. The van der Waals surface area contributed by atoms with Gasteiger partial charge in [-0.3, -0.25) is 9.59 Å². The van der Waals surface area contributed by atoms with Gasteiger partial charge in [0.1, 0.15) is 12.4 Å². The van der Waals surface area contributed by atoms with Gasteiger partial charge in [-0.2, -0.15) is 5.26 Å². The lowest BCUT2D eigenvalue weighted by Crippen LogP contribution is -2.30. The van der Waals surface area contributed by atoms with Gasteiger partial charge in [0.05, 0.1) is 40.2 Å². The summed E-state index contributed by atoms with van der Waals surface area (Å²) in [7, 11) is 0. The molecule has 0 unspecified atom stereocenters. The van der Waals surface area contributed by atoms with Crippen LogP contribution in [0.1, 0.15) is 24.2 Å². The maximum atomic E-state index is 13.3. The van der Waals surface area contributed by atoms with E-state index in [9.17, 15) is 14.9 Å². The molecule has 0 aliphatic carbocycles. The van der Waals surface area contributed by atoms with Crippen LogP contribution in [-0.2, 0) is 20.9 Å². The number of amides is 1. The van der Waals surface area contributed by atoms with Crippen LogP contribution >= 0.6 is 23.4 Å². The summed E-state index contributed by atoms with van der Waals surface area (Å²) in [5.74, 6) is -1.12. The number of benzene rings is 2. The van der Waals surface area contributed by atoms with E-state index in [2.05, 4.69) is 16.7 Å². The number of carbonyl (C=O) groups excluding carboxylic acids is 2. The van der Waals surface area contributed by atoms with Crippen LogP contribution in [0.5, 0.6) is 0 Å². The topological polar surface area (TPSA) is 104 Å². The molecule has 1 aromatic heterocycles. The van der Waals surface area contributed by atoms with Crippen molar-refractivity contribution < 1.29 is 18.7 Å². The third-order valence-corrected chi connectivity index (χ3v) is 6.64. The number of nitrogens with zero attached hydrogens (tertiary/aromatic N) is 1. The number of anilines is 1. The minimum atomic E-state index is -0.749. The Balaban J connectivity index is 1.53. The van der Waals surface area contributed by atoms with E-state index in [0.717, 1.165) is 17.3 Å². The van der Waals surface area contributed by atoms with Gasteiger partial charge in [-0.25, -0.2) is 0 Å². The highest BCUT2D eigenvalue weighted by Gasteiger charge is 2.36. The highest BCUT2D eigenvalue weighted by atomic mass is 35.5. The van der Waals surface area contributed by atoms with Gasteiger partial charge in [-0.1, -0.05) is 53.7 Å². The van der Waals surface area contributed by atoms with E-state index < -0.39 is 11.9 Å². The summed E-state index contributed by atoms with van der Waals surface area (Å²) in [6.45, 7) is 1.91. The van der Waals surface area contributed by atoms with Gasteiger partial charge < -0.3 is 19.8 Å². The van der Waals surface area contributed by atoms with Crippen LogP contribution in [0.15, 0.2) is 99.3 Å². The van der Waals surface area contributed by atoms with E-state index in [1.807, 2.05) is 30.3 Å². The fourth-order valence-corrected chi connectivity index (χ4v) is 4.73. The molecular formula is C27H22ClN3O4S. The molecule has 2 N–H and O–H groups in total. The number of halogens is 1. The van der Waals surface area contributed by atoms with Gasteiger partial charge in [0.15, 0.2) is 0 Å². The van der Waals surface area contributed by atoms with Crippen LogP contribution in [0.25, 0.3) is 0 Å². The van der Waals surface area contributed by atoms with Crippen molar-refractivity contribution in [3.05, 3.63) is 111 Å². The molecule has 1 amide bonds. The molecule has 0 bridgehead atoms. The van der Waals surface area contributed by atoms with Crippen LogP contribution < -0.4 is 10.6 Å². The van der Waals surface area contributed by atoms with E-state index in [4.69, 9.17) is 20.8 Å². The monoisotopic (exact) mass is 519 g/mol. The summed E-state index contributed by atoms with van der Waals surface area (Å²) < 4.78 is 11.0. The number of carbonyl (C=O) groups is 2. The van der Waals surface area contributed by atoms with Gasteiger partial charge >= 0.3 is 5.97 Å². The third kappa shape index (κ3) is 6.00. The van der Waals surface area contributed by atoms with Crippen LogP contribution in [0.2, 0.25) is 5.02 Å². The second-order valence-corrected chi connectivity index (χ2v) is 9.28. The Morgan fingerprint density at radius 2 is 1.89 bits per heavy atom. The van der Waals surface area contributed by atoms with Gasteiger partial charge in [0.2, 0.25) is 0 Å². The van der Waals surface area contributed by atoms with Crippen LogP contribution in [0, 0.1) is 11.3 Å². The van der Waals surface area contributed by atoms with Crippen molar-refractivity contribution in [1.82, 2.24) is 5.32 Å². The Morgan fingerprint density at radius 1 is 1.14 bits per heavy atom. The molecule has 0 radical (unpaired) electrons. The standard InChI is InChI=1S/C27H22ClN3O4S/c1-17-24(26(33)31-20-11-9-19(28)10-12-20)25(22-8-5-13-34-22)21(14-29)27(30-17)36-16-23(32)35-15-18-6-3-2-4-7-18/h2-13,25,30H,15-16H2,1H3,(H,31,33)/t25-/m1/s1. The number of nitriles is 1. The van der Waals surface area contributed by atoms with Crippen molar-refractivity contribution in [2.24, 2.45) is 0 Å². The maximum Gasteiger partial charge on any atom is 0.316 e. The number of dihydropyridines is 1. The summed E-state index contributed by atoms with van der Waals surface area (Å²) in [5.41, 5.74) is 2.61. The van der Waals surface area contributed by atoms with E-state index >= 15 is 0 Å². The number of thioether (sulfide) groups is 1. The second kappa shape index (κ2) is 11.7. The zero-order chi connectivity index (χ0) is 25.5. The van der Waals surface area contributed by atoms with Gasteiger partial charge in [0.25, 0.3) is 5.91 Å². The predicted octanol–water partition coefficient (Wildman–Crippen LogP) is 5.74. The fraction of sp³-hybridized carbons (Fsp3) is 0.148. The second-order valence-electron chi connectivity index (χ2n) is 7.86. The molecule has 1 atom stereocenters. The van der Waals surface area contributed by atoms with E-state index in [0.29, 0.717) is 32.8 Å². The molecule has 7 nitrogen and oxygen atoms in total. The first-order valence-corrected chi connectivity index (χ1v) is 12.4.